The molecule has 7 heteroatoms. The quantitative estimate of drug-likeness (QED) is 0.294. The van der Waals surface area contributed by atoms with E-state index in [1.165, 1.54) is 32.1 Å². The third kappa shape index (κ3) is 6.75. The minimum atomic E-state index is -0.358. The third-order valence-corrected chi connectivity index (χ3v) is 5.78. The first-order valence-electron chi connectivity index (χ1n) is 9.87. The lowest BCUT2D eigenvalue weighted by atomic mass is 9.93. The van der Waals surface area contributed by atoms with Crippen molar-refractivity contribution in [2.24, 2.45) is 0 Å². The lowest BCUT2D eigenvalue weighted by Crippen LogP contribution is -2.36. The molecule has 152 valence electrons. The highest BCUT2D eigenvalue weighted by Gasteiger charge is 2.22. The van der Waals surface area contributed by atoms with Crippen LogP contribution in [-0.4, -0.2) is 54.9 Å². The summed E-state index contributed by atoms with van der Waals surface area (Å²) in [6.07, 6.45) is 6.37. The van der Waals surface area contributed by atoms with Gasteiger partial charge in [-0.3, -0.25) is 4.90 Å². The zero-order chi connectivity index (χ0) is 19.6. The number of hydrogen-bond acceptors (Lipinski definition) is 6. The van der Waals surface area contributed by atoms with Gasteiger partial charge >= 0.3 is 5.97 Å². The molecule has 1 saturated carbocycles. The summed E-state index contributed by atoms with van der Waals surface area (Å²) < 4.78 is 6.04. The van der Waals surface area contributed by atoms with Gasteiger partial charge in [0.1, 0.15) is 6.61 Å². The van der Waals surface area contributed by atoms with Crippen LogP contribution in [0.5, 0.6) is 0 Å². The van der Waals surface area contributed by atoms with Gasteiger partial charge in [0.15, 0.2) is 0 Å². The van der Waals surface area contributed by atoms with Crippen LogP contribution in [0, 0.1) is 0 Å². The van der Waals surface area contributed by atoms with Gasteiger partial charge in [-0.15, -0.1) is 0 Å². The molecule has 1 aromatic carbocycles. The highest BCUT2D eigenvalue weighted by atomic mass is 79.9. The van der Waals surface area contributed by atoms with Crippen molar-refractivity contribution in [3.8, 4) is 0 Å². The van der Waals surface area contributed by atoms with Crippen LogP contribution in [-0.2, 0) is 11.3 Å². The molecule has 0 amide bonds. The first-order valence-corrected chi connectivity index (χ1v) is 10.7. The number of anilines is 1. The number of nitrogen functional groups attached to an aromatic ring is 1. The molecule has 1 fully saturated rings. The number of nitrogens with zero attached hydrogens (tertiary/aromatic N) is 1. The summed E-state index contributed by atoms with van der Waals surface area (Å²) in [6.45, 7) is 5.22. The summed E-state index contributed by atoms with van der Waals surface area (Å²) in [5.74, 6) is -0.358. The van der Waals surface area contributed by atoms with Gasteiger partial charge in [-0.05, 0) is 53.0 Å². The normalized spacial score (nSPS) is 15.3. The number of hydrogen-bond donors (Lipinski definition) is 3. The number of nitrogens with two attached hydrogens (primary N) is 1. The van der Waals surface area contributed by atoms with Crippen molar-refractivity contribution in [2.75, 3.05) is 38.6 Å². The summed E-state index contributed by atoms with van der Waals surface area (Å²) in [6, 6.07) is 4.17. The maximum absolute atomic E-state index is 12.4. The summed E-state index contributed by atoms with van der Waals surface area (Å²) in [5, 5.41) is 11.7. The van der Waals surface area contributed by atoms with E-state index < -0.39 is 0 Å². The molecular formula is C20H32BrN3O3. The van der Waals surface area contributed by atoms with Crippen LogP contribution in [0.2, 0.25) is 0 Å². The van der Waals surface area contributed by atoms with E-state index in [0.717, 1.165) is 23.1 Å². The fourth-order valence-electron chi connectivity index (χ4n) is 3.59. The molecule has 0 unspecified atom stereocenters. The average molecular weight is 442 g/mol. The summed E-state index contributed by atoms with van der Waals surface area (Å²) in [5.41, 5.74) is 8.43. The number of carbonyl (C=O) groups is 1. The number of halogens is 1. The smallest absolute Gasteiger partial charge is 0.338 e. The molecule has 0 radical (unpaired) electrons. The van der Waals surface area contributed by atoms with Crippen molar-refractivity contribution in [3.05, 3.63) is 27.7 Å². The maximum atomic E-state index is 12.4. The van der Waals surface area contributed by atoms with Gasteiger partial charge in [-0.1, -0.05) is 26.2 Å². The zero-order valence-corrected chi connectivity index (χ0v) is 17.8. The Morgan fingerprint density at radius 2 is 2.07 bits per heavy atom. The molecule has 4 N–H and O–H groups in total. The Morgan fingerprint density at radius 1 is 1.33 bits per heavy atom. The number of esters is 1. The second-order valence-electron chi connectivity index (χ2n) is 7.00. The molecule has 1 aliphatic rings. The summed E-state index contributed by atoms with van der Waals surface area (Å²) >= 11 is 3.48. The fraction of sp³-hybridized carbons (Fsp3) is 0.650. The molecule has 0 aromatic heterocycles. The van der Waals surface area contributed by atoms with Crippen molar-refractivity contribution >= 4 is 27.6 Å². The van der Waals surface area contributed by atoms with E-state index in [9.17, 15) is 4.79 Å². The van der Waals surface area contributed by atoms with Crippen LogP contribution in [0.4, 0.5) is 5.69 Å². The molecule has 1 aromatic rings. The van der Waals surface area contributed by atoms with E-state index >= 15 is 0 Å². The van der Waals surface area contributed by atoms with Crippen LogP contribution in [0.3, 0.4) is 0 Å². The van der Waals surface area contributed by atoms with E-state index in [2.05, 4.69) is 33.1 Å². The Hall–Kier alpha value is -1.15. The number of benzene rings is 1. The third-order valence-electron chi connectivity index (χ3n) is 5.12. The molecule has 0 spiro atoms. The van der Waals surface area contributed by atoms with Gasteiger partial charge in [0.05, 0.1) is 17.9 Å². The molecule has 0 atom stereocenters. The fourth-order valence-corrected chi connectivity index (χ4v) is 4.09. The highest BCUT2D eigenvalue weighted by molar-refractivity contribution is 9.10. The molecule has 1 aliphatic carbocycles. The van der Waals surface area contributed by atoms with Crippen molar-refractivity contribution in [3.63, 3.8) is 0 Å². The number of carbonyl (C=O) groups excluding carboxylic acids is 1. The summed E-state index contributed by atoms with van der Waals surface area (Å²) in [7, 11) is 0. The molecular weight excluding hydrogens is 410 g/mol. The number of aliphatic hydroxyl groups excluding tert-OH is 1. The first-order chi connectivity index (χ1) is 13.1. The van der Waals surface area contributed by atoms with Gasteiger partial charge in [-0.25, -0.2) is 4.79 Å². The Kier molecular flexibility index (Phi) is 9.54. The Labute approximate surface area is 170 Å². The van der Waals surface area contributed by atoms with Gasteiger partial charge in [0.2, 0.25) is 0 Å². The summed E-state index contributed by atoms with van der Waals surface area (Å²) in [4.78, 5) is 14.8. The maximum Gasteiger partial charge on any atom is 0.338 e. The number of rotatable bonds is 10. The predicted octanol–water partition coefficient (Wildman–Crippen LogP) is 2.92. The topological polar surface area (TPSA) is 87.8 Å². The van der Waals surface area contributed by atoms with Gasteiger partial charge in [0.25, 0.3) is 0 Å². The second kappa shape index (κ2) is 11.6. The Bertz CT molecular complexity index is 606. The molecule has 27 heavy (non-hydrogen) atoms. The van der Waals surface area contributed by atoms with E-state index in [4.69, 9.17) is 15.6 Å². The van der Waals surface area contributed by atoms with Crippen LogP contribution in [0.25, 0.3) is 0 Å². The Balaban J connectivity index is 2.04. The minimum Gasteiger partial charge on any atom is -0.461 e. The Morgan fingerprint density at radius 3 is 2.74 bits per heavy atom. The molecule has 0 aliphatic heterocycles. The van der Waals surface area contributed by atoms with Crippen molar-refractivity contribution in [1.29, 1.82) is 0 Å². The van der Waals surface area contributed by atoms with E-state index in [-0.39, 0.29) is 19.2 Å². The van der Waals surface area contributed by atoms with Crippen LogP contribution < -0.4 is 11.1 Å². The van der Waals surface area contributed by atoms with E-state index in [0.29, 0.717) is 30.4 Å². The molecule has 0 heterocycles. The molecule has 6 nitrogen and oxygen atoms in total. The lowest BCUT2D eigenvalue weighted by molar-refractivity contribution is 0.0507. The lowest BCUT2D eigenvalue weighted by Gasteiger charge is -2.34. The number of ether oxygens (including phenoxy) is 1. The van der Waals surface area contributed by atoms with Crippen molar-refractivity contribution < 1.29 is 14.6 Å². The first kappa shape index (κ1) is 22.1. The van der Waals surface area contributed by atoms with Gasteiger partial charge in [0, 0.05) is 30.1 Å². The predicted molar refractivity (Wildman–Crippen MR) is 112 cm³/mol. The van der Waals surface area contributed by atoms with Gasteiger partial charge < -0.3 is 20.9 Å². The van der Waals surface area contributed by atoms with Crippen LogP contribution in [0.1, 0.15) is 54.9 Å². The SMILES string of the molecule is CCN(Cc1cc(C(=O)OCCNCCO)cc(Br)c1N)C1CCCCC1. The van der Waals surface area contributed by atoms with Crippen molar-refractivity contribution in [2.45, 2.75) is 51.6 Å². The van der Waals surface area contributed by atoms with Crippen LogP contribution in [0.15, 0.2) is 16.6 Å². The molecule has 0 bridgehead atoms. The average Bonchev–Trinajstić information content (AvgIpc) is 2.69. The number of nitrogens with one attached hydrogen (secondary N) is 1. The number of aliphatic hydroxyl groups is 1. The minimum absolute atomic E-state index is 0.0666. The van der Waals surface area contributed by atoms with E-state index in [1.807, 2.05) is 6.07 Å². The zero-order valence-electron chi connectivity index (χ0n) is 16.2. The molecule has 2 rings (SSSR count). The largest absolute Gasteiger partial charge is 0.461 e. The monoisotopic (exact) mass is 441 g/mol. The second-order valence-corrected chi connectivity index (χ2v) is 7.85. The van der Waals surface area contributed by atoms with Gasteiger partial charge in [-0.2, -0.15) is 0 Å². The van der Waals surface area contributed by atoms with Crippen molar-refractivity contribution in [1.82, 2.24) is 10.2 Å². The molecule has 0 saturated heterocycles. The highest BCUT2D eigenvalue weighted by Crippen LogP contribution is 2.29. The van der Waals surface area contributed by atoms with E-state index in [1.54, 1.807) is 6.07 Å². The standard InChI is InChI=1S/C20H32BrN3O3/c1-2-24(17-6-4-3-5-7-17)14-16-12-15(13-18(21)19(16)22)20(26)27-11-9-23-8-10-25/h12-13,17,23,25H,2-11,14,22H2,1H3. The van der Waals surface area contributed by atoms with Crippen LogP contribution >= 0.6 is 15.9 Å².